The zero-order chi connectivity index (χ0) is 14.7. The molecule has 0 aromatic heterocycles. The largest absolute Gasteiger partial charge is 0.489 e. The highest BCUT2D eigenvalue weighted by Gasteiger charge is 2.41. The van der Waals surface area contributed by atoms with Gasteiger partial charge in [0.25, 0.3) is 0 Å². The van der Waals surface area contributed by atoms with E-state index in [9.17, 15) is 4.79 Å². The molecule has 21 heavy (non-hydrogen) atoms. The van der Waals surface area contributed by atoms with Crippen LogP contribution in [0.4, 0.5) is 0 Å². The van der Waals surface area contributed by atoms with Gasteiger partial charge in [-0.25, -0.2) is 4.79 Å². The molecule has 1 unspecified atom stereocenters. The zero-order valence-corrected chi connectivity index (χ0v) is 12.5. The fourth-order valence-electron chi connectivity index (χ4n) is 3.39. The molecule has 2 fully saturated rings. The smallest absolute Gasteiger partial charge is 0.235 e. The van der Waals surface area contributed by atoms with Crippen molar-refractivity contribution in [3.63, 3.8) is 0 Å². The van der Waals surface area contributed by atoms with E-state index in [1.54, 1.807) is 6.08 Å². The second-order valence-corrected chi connectivity index (χ2v) is 6.23. The Kier molecular flexibility index (Phi) is 4.09. The lowest BCUT2D eigenvalue weighted by Gasteiger charge is -2.39. The summed E-state index contributed by atoms with van der Waals surface area (Å²) < 4.78 is 6.25. The van der Waals surface area contributed by atoms with E-state index in [2.05, 4.69) is 16.9 Å². The molecule has 4 heteroatoms. The van der Waals surface area contributed by atoms with Crippen LogP contribution in [0.2, 0.25) is 0 Å². The molecule has 112 valence electrons. The summed E-state index contributed by atoms with van der Waals surface area (Å²) in [6.45, 7) is 2.10. The van der Waals surface area contributed by atoms with Crippen LogP contribution in [-0.4, -0.2) is 37.2 Å². The van der Waals surface area contributed by atoms with Gasteiger partial charge in [0.05, 0.1) is 0 Å². The van der Waals surface area contributed by atoms with Gasteiger partial charge in [-0.1, -0.05) is 18.2 Å². The molecule has 0 amide bonds. The van der Waals surface area contributed by atoms with E-state index in [-0.39, 0.29) is 11.6 Å². The van der Waals surface area contributed by atoms with Gasteiger partial charge < -0.3 is 9.64 Å². The number of para-hydroxylation sites is 1. The van der Waals surface area contributed by atoms with Crippen LogP contribution in [0.5, 0.6) is 5.75 Å². The van der Waals surface area contributed by atoms with Crippen LogP contribution in [0.3, 0.4) is 0 Å². The highest BCUT2D eigenvalue weighted by molar-refractivity contribution is 5.45. The number of likely N-dealkylation sites (N-methyl/N-ethyl adjacent to an activating group) is 1. The highest BCUT2D eigenvalue weighted by Crippen LogP contribution is 2.48. The van der Waals surface area contributed by atoms with Crippen LogP contribution in [0, 0.1) is 0 Å². The Morgan fingerprint density at radius 2 is 2.14 bits per heavy atom. The van der Waals surface area contributed by atoms with Crippen molar-refractivity contribution in [1.29, 1.82) is 0 Å². The quantitative estimate of drug-likeness (QED) is 0.631. The first-order valence-electron chi connectivity index (χ1n) is 7.77. The van der Waals surface area contributed by atoms with Gasteiger partial charge in [0.1, 0.15) is 17.4 Å². The van der Waals surface area contributed by atoms with Crippen molar-refractivity contribution in [2.45, 2.75) is 43.7 Å². The summed E-state index contributed by atoms with van der Waals surface area (Å²) in [4.78, 5) is 17.2. The maximum Gasteiger partial charge on any atom is 0.235 e. The Morgan fingerprint density at radius 3 is 2.81 bits per heavy atom. The van der Waals surface area contributed by atoms with Crippen molar-refractivity contribution in [3.8, 4) is 5.75 Å². The fraction of sp³-hybridized carbons (Fsp3) is 0.588. The molecule has 0 radical (unpaired) electrons. The van der Waals surface area contributed by atoms with Gasteiger partial charge >= 0.3 is 0 Å². The molecule has 0 N–H and O–H groups in total. The van der Waals surface area contributed by atoms with E-state index in [0.29, 0.717) is 0 Å². The average molecular weight is 286 g/mol. The van der Waals surface area contributed by atoms with E-state index < -0.39 is 0 Å². The normalized spacial score (nSPS) is 24.7. The van der Waals surface area contributed by atoms with Crippen LogP contribution in [-0.2, 0) is 10.3 Å². The van der Waals surface area contributed by atoms with Crippen molar-refractivity contribution in [2.75, 3.05) is 20.1 Å². The van der Waals surface area contributed by atoms with Crippen LogP contribution in [0.15, 0.2) is 29.3 Å². The number of rotatable bonds is 4. The second kappa shape index (κ2) is 6.00. The predicted octanol–water partition coefficient (Wildman–Crippen LogP) is 2.87. The molecule has 1 saturated heterocycles. The number of hydrogen-bond acceptors (Lipinski definition) is 4. The number of piperidine rings is 1. The molecule has 1 saturated carbocycles. The van der Waals surface area contributed by atoms with Crippen LogP contribution < -0.4 is 4.74 Å². The highest BCUT2D eigenvalue weighted by atomic mass is 16.5. The number of likely N-dealkylation sites (tertiary alicyclic amines) is 1. The second-order valence-electron chi connectivity index (χ2n) is 6.23. The summed E-state index contributed by atoms with van der Waals surface area (Å²) in [6, 6.07) is 8.03. The molecule has 1 aromatic carbocycles. The summed E-state index contributed by atoms with van der Waals surface area (Å²) in [6.07, 6.45) is 7.16. The Balaban J connectivity index is 1.84. The molecule has 1 atom stereocenters. The minimum atomic E-state index is -0.390. The van der Waals surface area contributed by atoms with Gasteiger partial charge in [-0.3, -0.25) is 0 Å². The van der Waals surface area contributed by atoms with Gasteiger partial charge in [0.15, 0.2) is 0 Å². The number of hydrogen-bond donors (Lipinski definition) is 0. The summed E-state index contributed by atoms with van der Waals surface area (Å²) >= 11 is 0. The van der Waals surface area contributed by atoms with E-state index in [1.807, 2.05) is 24.3 Å². The third kappa shape index (κ3) is 2.87. The Labute approximate surface area is 125 Å². The Hall–Kier alpha value is -1.64. The number of ether oxygens (including phenoxy) is 1. The monoisotopic (exact) mass is 286 g/mol. The van der Waals surface area contributed by atoms with Crippen LogP contribution in [0.25, 0.3) is 0 Å². The summed E-state index contributed by atoms with van der Waals surface area (Å²) in [5.41, 5.74) is 0.659. The summed E-state index contributed by atoms with van der Waals surface area (Å²) in [7, 11) is 2.13. The van der Waals surface area contributed by atoms with E-state index in [4.69, 9.17) is 4.74 Å². The lowest BCUT2D eigenvalue weighted by Crippen LogP contribution is -2.39. The lowest BCUT2D eigenvalue weighted by atomic mass is 9.72. The van der Waals surface area contributed by atoms with Gasteiger partial charge in [-0.15, -0.1) is 0 Å². The van der Waals surface area contributed by atoms with Gasteiger partial charge in [-0.2, -0.15) is 4.99 Å². The third-order valence-electron chi connectivity index (χ3n) is 4.70. The number of isocyanates is 1. The summed E-state index contributed by atoms with van der Waals surface area (Å²) in [5.74, 6) is 0.886. The molecule has 3 rings (SSSR count). The standard InChI is InChI=1S/C17H22N2O2/c1-19-11-4-6-14(12-19)21-16-8-3-2-7-15(16)17(18-13-20)9-5-10-17/h2-3,7-8,14H,4-6,9-12H2,1H3. The average Bonchev–Trinajstić information content (AvgIpc) is 2.44. The molecule has 0 bridgehead atoms. The number of nitrogens with zero attached hydrogens (tertiary/aromatic N) is 2. The molecular formula is C17H22N2O2. The van der Waals surface area contributed by atoms with Crippen molar-refractivity contribution in [2.24, 2.45) is 4.99 Å². The molecule has 1 aliphatic carbocycles. The number of carbonyl (C=O) groups excluding carboxylic acids is 1. The van der Waals surface area contributed by atoms with E-state index in [0.717, 1.165) is 50.1 Å². The van der Waals surface area contributed by atoms with E-state index in [1.165, 1.54) is 6.42 Å². The Morgan fingerprint density at radius 1 is 1.33 bits per heavy atom. The SMILES string of the molecule is CN1CCCC(Oc2ccccc2C2(N=C=O)CCC2)C1. The van der Waals surface area contributed by atoms with Gasteiger partial charge in [0, 0.05) is 12.1 Å². The van der Waals surface area contributed by atoms with Crippen LogP contribution >= 0.6 is 0 Å². The van der Waals surface area contributed by atoms with Gasteiger partial charge in [0.2, 0.25) is 6.08 Å². The first kappa shape index (κ1) is 14.3. The minimum absolute atomic E-state index is 0.224. The zero-order valence-electron chi connectivity index (χ0n) is 12.5. The molecule has 1 heterocycles. The minimum Gasteiger partial charge on any atom is -0.489 e. The van der Waals surface area contributed by atoms with Crippen molar-refractivity contribution >= 4 is 6.08 Å². The van der Waals surface area contributed by atoms with Crippen molar-refractivity contribution in [3.05, 3.63) is 29.8 Å². The molecule has 0 spiro atoms. The third-order valence-corrected chi connectivity index (χ3v) is 4.70. The van der Waals surface area contributed by atoms with Crippen molar-refractivity contribution in [1.82, 2.24) is 4.90 Å². The maximum atomic E-state index is 10.8. The topological polar surface area (TPSA) is 41.9 Å². The molecule has 4 nitrogen and oxygen atoms in total. The van der Waals surface area contributed by atoms with Crippen molar-refractivity contribution < 1.29 is 9.53 Å². The number of aliphatic imine (C=N–C) groups is 1. The first-order valence-corrected chi connectivity index (χ1v) is 7.77. The Bertz CT molecular complexity index is 547. The predicted molar refractivity (Wildman–Crippen MR) is 81.2 cm³/mol. The molecule has 1 aliphatic heterocycles. The summed E-state index contributed by atoms with van der Waals surface area (Å²) in [5, 5.41) is 0. The van der Waals surface area contributed by atoms with Crippen LogP contribution in [0.1, 0.15) is 37.7 Å². The van der Waals surface area contributed by atoms with E-state index >= 15 is 0 Å². The molecule has 2 aliphatic rings. The lowest BCUT2D eigenvalue weighted by molar-refractivity contribution is 0.0999. The number of benzene rings is 1. The first-order chi connectivity index (χ1) is 10.2. The molecule has 1 aromatic rings. The maximum absolute atomic E-state index is 10.8. The van der Waals surface area contributed by atoms with Gasteiger partial charge in [-0.05, 0) is 51.8 Å². The molecular weight excluding hydrogens is 264 g/mol. The fourth-order valence-corrected chi connectivity index (χ4v) is 3.39.